The number of carbonyl (C=O) groups excluding carboxylic acids is 1. The molecule has 0 unspecified atom stereocenters. The maximum absolute atomic E-state index is 12.1. The van der Waals surface area contributed by atoms with E-state index < -0.39 is 0 Å². The molecule has 0 spiro atoms. The maximum Gasteiger partial charge on any atom is 0.461 e. The molecule has 2 aliphatic rings. The van der Waals surface area contributed by atoms with Crippen LogP contribution in [0.25, 0.3) is 0 Å². The summed E-state index contributed by atoms with van der Waals surface area (Å²) in [6, 6.07) is 0. The van der Waals surface area contributed by atoms with Crippen molar-refractivity contribution in [1.82, 2.24) is 0 Å². The van der Waals surface area contributed by atoms with Crippen molar-refractivity contribution in [2.75, 3.05) is 6.61 Å². The minimum atomic E-state index is -0.337. The van der Waals surface area contributed by atoms with E-state index in [1.807, 2.05) is 13.8 Å². The van der Waals surface area contributed by atoms with E-state index in [4.69, 9.17) is 14.0 Å². The van der Waals surface area contributed by atoms with Crippen LogP contribution in [0.2, 0.25) is 5.82 Å². The zero-order valence-corrected chi connectivity index (χ0v) is 14.3. The summed E-state index contributed by atoms with van der Waals surface area (Å²) in [4.78, 5) is 12.1. The van der Waals surface area contributed by atoms with E-state index in [1.54, 1.807) is 0 Å². The van der Waals surface area contributed by atoms with Crippen LogP contribution in [-0.2, 0) is 18.8 Å². The quantitative estimate of drug-likeness (QED) is 0.589. The molecule has 0 aromatic carbocycles. The lowest BCUT2D eigenvalue weighted by atomic mass is 9.59. The second-order valence-electron chi connectivity index (χ2n) is 7.74. The molecule has 0 aromatic heterocycles. The molecule has 21 heavy (non-hydrogen) atoms. The lowest BCUT2D eigenvalue weighted by molar-refractivity contribution is -0.156. The van der Waals surface area contributed by atoms with Gasteiger partial charge in [0.2, 0.25) is 0 Å². The van der Waals surface area contributed by atoms with Crippen molar-refractivity contribution >= 4 is 13.1 Å². The number of hydrogen-bond donors (Lipinski definition) is 0. The molecular formula is C16H29BO4. The van der Waals surface area contributed by atoms with Gasteiger partial charge in [-0.15, -0.1) is 0 Å². The van der Waals surface area contributed by atoms with Gasteiger partial charge in [0.25, 0.3) is 0 Å². The van der Waals surface area contributed by atoms with Gasteiger partial charge in [0, 0.05) is 0 Å². The summed E-state index contributed by atoms with van der Waals surface area (Å²) in [5.74, 6) is 0.311. The van der Waals surface area contributed by atoms with E-state index in [9.17, 15) is 4.79 Å². The van der Waals surface area contributed by atoms with Crippen molar-refractivity contribution in [3.05, 3.63) is 0 Å². The average Bonchev–Trinajstić information content (AvgIpc) is 2.59. The van der Waals surface area contributed by atoms with E-state index in [1.165, 1.54) is 0 Å². The number of esters is 1. The van der Waals surface area contributed by atoms with Crippen LogP contribution >= 0.6 is 0 Å². The standard InChI is InChI=1S/C16H29BO4/c1-7-19-13(18)16(6)10-8-12(9-11-16)17-20-14(2,3)15(4,5)21-17/h12H,7-11H2,1-6H3. The van der Waals surface area contributed by atoms with E-state index >= 15 is 0 Å². The van der Waals surface area contributed by atoms with Crippen molar-refractivity contribution < 1.29 is 18.8 Å². The molecule has 1 saturated heterocycles. The zero-order valence-electron chi connectivity index (χ0n) is 14.3. The summed E-state index contributed by atoms with van der Waals surface area (Å²) in [6.45, 7) is 12.7. The van der Waals surface area contributed by atoms with Gasteiger partial charge in [-0.05, 0) is 60.2 Å². The number of rotatable bonds is 3. The topological polar surface area (TPSA) is 44.8 Å². The van der Waals surface area contributed by atoms with Crippen LogP contribution in [0.4, 0.5) is 0 Å². The van der Waals surface area contributed by atoms with E-state index in [2.05, 4.69) is 27.7 Å². The van der Waals surface area contributed by atoms with Crippen LogP contribution in [-0.4, -0.2) is 30.9 Å². The molecule has 120 valence electrons. The Kier molecular flexibility index (Phi) is 4.47. The predicted molar refractivity (Wildman–Crippen MR) is 83.0 cm³/mol. The van der Waals surface area contributed by atoms with Gasteiger partial charge in [0.1, 0.15) is 0 Å². The van der Waals surface area contributed by atoms with Gasteiger partial charge in [0.05, 0.1) is 23.2 Å². The van der Waals surface area contributed by atoms with E-state index in [-0.39, 0.29) is 29.7 Å². The van der Waals surface area contributed by atoms with Gasteiger partial charge in [0.15, 0.2) is 0 Å². The second kappa shape index (κ2) is 5.58. The van der Waals surface area contributed by atoms with Crippen LogP contribution in [0, 0.1) is 5.41 Å². The maximum atomic E-state index is 12.1. The molecule has 1 heterocycles. The highest BCUT2D eigenvalue weighted by Gasteiger charge is 2.55. The fraction of sp³-hybridized carbons (Fsp3) is 0.938. The number of ether oxygens (including phenoxy) is 1. The Hall–Kier alpha value is -0.545. The number of hydrogen-bond acceptors (Lipinski definition) is 4. The average molecular weight is 296 g/mol. The smallest absolute Gasteiger partial charge is 0.461 e. The molecule has 2 rings (SSSR count). The third kappa shape index (κ3) is 3.14. The first-order valence-corrected chi connectivity index (χ1v) is 8.14. The Morgan fingerprint density at radius 3 is 2.00 bits per heavy atom. The van der Waals surface area contributed by atoms with Gasteiger partial charge >= 0.3 is 13.1 Å². The molecular weight excluding hydrogens is 267 g/mol. The van der Waals surface area contributed by atoms with Crippen molar-refractivity contribution in [2.24, 2.45) is 5.41 Å². The monoisotopic (exact) mass is 296 g/mol. The molecule has 1 aliphatic carbocycles. The van der Waals surface area contributed by atoms with Gasteiger partial charge in [-0.1, -0.05) is 12.8 Å². The minimum Gasteiger partial charge on any atom is -0.466 e. The third-order valence-corrected chi connectivity index (χ3v) is 5.56. The van der Waals surface area contributed by atoms with Crippen molar-refractivity contribution in [1.29, 1.82) is 0 Å². The van der Waals surface area contributed by atoms with Crippen molar-refractivity contribution in [3.63, 3.8) is 0 Å². The fourth-order valence-electron chi connectivity index (χ4n) is 3.14. The molecule has 0 radical (unpaired) electrons. The van der Waals surface area contributed by atoms with E-state index in [0.29, 0.717) is 12.4 Å². The summed E-state index contributed by atoms with van der Waals surface area (Å²) < 4.78 is 17.5. The molecule has 0 bridgehead atoms. The van der Waals surface area contributed by atoms with Gasteiger partial charge in [-0.2, -0.15) is 0 Å². The summed E-state index contributed by atoms with van der Waals surface area (Å²) in [5, 5.41) is 0. The van der Waals surface area contributed by atoms with Gasteiger partial charge < -0.3 is 14.0 Å². The van der Waals surface area contributed by atoms with Crippen LogP contribution in [0.15, 0.2) is 0 Å². The van der Waals surface area contributed by atoms with Crippen LogP contribution in [0.3, 0.4) is 0 Å². The highest BCUT2D eigenvalue weighted by Crippen LogP contribution is 2.48. The molecule has 2 fully saturated rings. The Balaban J connectivity index is 1.95. The molecule has 0 N–H and O–H groups in total. The SMILES string of the molecule is CCOC(=O)C1(C)CCC(B2OC(C)(C)C(C)(C)O2)CC1. The predicted octanol–water partition coefficient (Wildman–Crippen LogP) is 3.59. The molecule has 0 amide bonds. The van der Waals surface area contributed by atoms with Crippen LogP contribution in [0.5, 0.6) is 0 Å². The minimum absolute atomic E-state index is 0.0580. The summed E-state index contributed by atoms with van der Waals surface area (Å²) in [7, 11) is -0.151. The lowest BCUT2D eigenvalue weighted by Gasteiger charge is -2.35. The van der Waals surface area contributed by atoms with Gasteiger partial charge in [-0.3, -0.25) is 4.79 Å². The molecule has 4 nitrogen and oxygen atoms in total. The third-order valence-electron chi connectivity index (χ3n) is 5.56. The first-order valence-electron chi connectivity index (χ1n) is 8.14. The largest absolute Gasteiger partial charge is 0.466 e. The fourth-order valence-corrected chi connectivity index (χ4v) is 3.14. The highest BCUT2D eigenvalue weighted by molar-refractivity contribution is 6.47. The Bertz CT molecular complexity index is 381. The molecule has 5 heteroatoms. The summed E-state index contributed by atoms with van der Waals surface area (Å²) in [6.07, 6.45) is 3.60. The Morgan fingerprint density at radius 2 is 1.57 bits per heavy atom. The van der Waals surface area contributed by atoms with E-state index in [0.717, 1.165) is 25.7 Å². The molecule has 1 saturated carbocycles. The first-order chi connectivity index (χ1) is 9.61. The first kappa shape index (κ1) is 16.8. The zero-order chi connectivity index (χ0) is 15.9. The van der Waals surface area contributed by atoms with Crippen LogP contribution in [0.1, 0.15) is 67.2 Å². The Morgan fingerprint density at radius 1 is 1.10 bits per heavy atom. The molecule has 1 aliphatic heterocycles. The number of carbonyl (C=O) groups is 1. The Labute approximate surface area is 129 Å². The van der Waals surface area contributed by atoms with Crippen LogP contribution < -0.4 is 0 Å². The van der Waals surface area contributed by atoms with Crippen molar-refractivity contribution in [3.8, 4) is 0 Å². The highest BCUT2D eigenvalue weighted by atomic mass is 16.7. The molecule has 0 atom stereocenters. The van der Waals surface area contributed by atoms with Crippen molar-refractivity contribution in [2.45, 2.75) is 84.2 Å². The second-order valence-corrected chi connectivity index (χ2v) is 7.74. The lowest BCUT2D eigenvalue weighted by Crippen LogP contribution is -2.41. The molecule has 0 aromatic rings. The normalized spacial score (nSPS) is 34.8. The summed E-state index contributed by atoms with van der Waals surface area (Å²) >= 11 is 0. The summed E-state index contributed by atoms with van der Waals surface area (Å²) in [5.41, 5.74) is -0.894. The van der Waals surface area contributed by atoms with Gasteiger partial charge in [-0.25, -0.2) is 0 Å².